The highest BCUT2D eigenvalue weighted by Crippen LogP contribution is 2.23. The minimum absolute atomic E-state index is 0.0915. The van der Waals surface area contributed by atoms with E-state index in [4.69, 9.17) is 9.47 Å². The quantitative estimate of drug-likeness (QED) is 0.428. The number of nitriles is 1. The van der Waals surface area contributed by atoms with E-state index in [0.29, 0.717) is 18.7 Å². The van der Waals surface area contributed by atoms with Gasteiger partial charge in [-0.1, -0.05) is 0 Å². The van der Waals surface area contributed by atoms with E-state index in [9.17, 15) is 19.6 Å². The zero-order valence-electron chi connectivity index (χ0n) is 16.4. The van der Waals surface area contributed by atoms with E-state index in [-0.39, 0.29) is 18.2 Å². The van der Waals surface area contributed by atoms with Gasteiger partial charge in [-0.3, -0.25) is 9.69 Å². The van der Waals surface area contributed by atoms with Crippen molar-refractivity contribution < 1.29 is 23.9 Å². The number of hydrogen-bond donors (Lipinski definition) is 1. The third-order valence-corrected chi connectivity index (χ3v) is 4.50. The third-order valence-electron chi connectivity index (χ3n) is 4.50. The monoisotopic (exact) mass is 388 g/mol. The van der Waals surface area contributed by atoms with Gasteiger partial charge in [0, 0.05) is 31.6 Å². The van der Waals surface area contributed by atoms with E-state index >= 15 is 0 Å². The van der Waals surface area contributed by atoms with Crippen molar-refractivity contribution in [2.75, 3.05) is 33.4 Å². The molecule has 2 heterocycles. The first-order valence-electron chi connectivity index (χ1n) is 8.84. The largest absolute Gasteiger partial charge is 0.451 e. The Hall–Kier alpha value is -3.12. The second-order valence-corrected chi connectivity index (χ2v) is 6.52. The molecule has 9 heteroatoms. The summed E-state index contributed by atoms with van der Waals surface area (Å²) in [6, 6.07) is 3.25. The Balaban J connectivity index is 2.12. The van der Waals surface area contributed by atoms with Crippen LogP contribution in [0.4, 0.5) is 4.79 Å². The fourth-order valence-corrected chi connectivity index (χ4v) is 3.23. The fourth-order valence-electron chi connectivity index (χ4n) is 3.23. The van der Waals surface area contributed by atoms with Gasteiger partial charge >= 0.3 is 12.0 Å². The highest BCUT2D eigenvalue weighted by Gasteiger charge is 2.27. The molecule has 0 saturated carbocycles. The zero-order chi connectivity index (χ0) is 20.8. The van der Waals surface area contributed by atoms with Crippen molar-refractivity contribution in [2.45, 2.75) is 26.8 Å². The summed E-state index contributed by atoms with van der Waals surface area (Å²) in [5, 5.41) is 11.8. The van der Waals surface area contributed by atoms with E-state index in [1.165, 1.54) is 6.08 Å². The maximum Gasteiger partial charge on any atom is 0.349 e. The molecular weight excluding hydrogens is 364 g/mol. The van der Waals surface area contributed by atoms with E-state index < -0.39 is 24.5 Å². The average molecular weight is 388 g/mol. The summed E-state index contributed by atoms with van der Waals surface area (Å²) in [5.41, 5.74) is 2.33. The number of methoxy groups -OCH3 is 1. The Morgan fingerprint density at radius 1 is 1.43 bits per heavy atom. The van der Waals surface area contributed by atoms with Crippen molar-refractivity contribution in [3.63, 3.8) is 0 Å². The van der Waals surface area contributed by atoms with Gasteiger partial charge in [-0.25, -0.2) is 9.59 Å². The Morgan fingerprint density at radius 2 is 2.14 bits per heavy atom. The molecule has 28 heavy (non-hydrogen) atoms. The zero-order valence-corrected chi connectivity index (χ0v) is 16.4. The van der Waals surface area contributed by atoms with Gasteiger partial charge in [-0.15, -0.1) is 0 Å². The number of rotatable bonds is 7. The van der Waals surface area contributed by atoms with Crippen LogP contribution in [0.3, 0.4) is 0 Å². The molecule has 1 aliphatic rings. The molecule has 2 rings (SSSR count). The van der Waals surface area contributed by atoms with Crippen LogP contribution >= 0.6 is 0 Å². The molecule has 1 aromatic rings. The molecule has 0 bridgehead atoms. The summed E-state index contributed by atoms with van der Waals surface area (Å²) in [4.78, 5) is 36.6. The molecule has 1 fully saturated rings. The van der Waals surface area contributed by atoms with Gasteiger partial charge in [0.1, 0.15) is 11.6 Å². The first-order valence-corrected chi connectivity index (χ1v) is 8.84. The second kappa shape index (κ2) is 9.19. The molecule has 0 radical (unpaired) electrons. The number of aryl methyl sites for hydroxylation is 1. The molecule has 3 amide bonds. The summed E-state index contributed by atoms with van der Waals surface area (Å²) in [6.45, 7) is 6.34. The Kier molecular flexibility index (Phi) is 6.95. The average Bonchev–Trinajstić information content (AvgIpc) is 3.20. The van der Waals surface area contributed by atoms with Crippen molar-refractivity contribution in [1.29, 1.82) is 5.26 Å². The van der Waals surface area contributed by atoms with Gasteiger partial charge in [0.25, 0.3) is 5.91 Å². The van der Waals surface area contributed by atoms with Crippen LogP contribution in [0.1, 0.15) is 29.9 Å². The predicted octanol–water partition coefficient (Wildman–Crippen LogP) is 1.31. The summed E-state index contributed by atoms with van der Waals surface area (Å²) in [6.07, 6.45) is 1.44. The fraction of sp³-hybridized carbons (Fsp3) is 0.474. The van der Waals surface area contributed by atoms with Crippen molar-refractivity contribution in [1.82, 2.24) is 14.8 Å². The van der Waals surface area contributed by atoms with Crippen LogP contribution in [0, 0.1) is 25.2 Å². The normalized spacial score (nSPS) is 15.2. The molecule has 0 spiro atoms. The smallest absolute Gasteiger partial charge is 0.349 e. The van der Waals surface area contributed by atoms with Crippen molar-refractivity contribution in [3.8, 4) is 6.07 Å². The third kappa shape index (κ3) is 4.58. The Bertz CT molecular complexity index is 849. The van der Waals surface area contributed by atoms with Gasteiger partial charge in [-0.2, -0.15) is 5.26 Å². The number of urea groups is 1. The van der Waals surface area contributed by atoms with E-state index in [1.807, 2.05) is 32.9 Å². The van der Waals surface area contributed by atoms with Gasteiger partial charge in [0.05, 0.1) is 12.6 Å². The van der Waals surface area contributed by atoms with E-state index in [0.717, 1.165) is 16.3 Å². The number of esters is 1. The lowest BCUT2D eigenvalue weighted by atomic mass is 10.1. The molecule has 0 aromatic carbocycles. The Labute approximate surface area is 163 Å². The van der Waals surface area contributed by atoms with Crippen molar-refractivity contribution in [3.05, 3.63) is 28.6 Å². The van der Waals surface area contributed by atoms with Gasteiger partial charge in [0.15, 0.2) is 6.61 Å². The second-order valence-electron chi connectivity index (χ2n) is 6.52. The highest BCUT2D eigenvalue weighted by atomic mass is 16.5. The topological polar surface area (TPSA) is 114 Å². The lowest BCUT2D eigenvalue weighted by molar-refractivity contribution is -0.146. The van der Waals surface area contributed by atoms with E-state index in [2.05, 4.69) is 9.88 Å². The van der Waals surface area contributed by atoms with Crippen LogP contribution in [0.25, 0.3) is 6.08 Å². The van der Waals surface area contributed by atoms with Crippen molar-refractivity contribution in [2.24, 2.45) is 0 Å². The van der Waals surface area contributed by atoms with Crippen molar-refractivity contribution >= 4 is 24.0 Å². The molecule has 1 atom stereocenters. The lowest BCUT2D eigenvalue weighted by Gasteiger charge is -2.17. The summed E-state index contributed by atoms with van der Waals surface area (Å²) >= 11 is 0. The molecule has 9 nitrogen and oxygen atoms in total. The number of carbonyl (C=O) groups is 3. The van der Waals surface area contributed by atoms with Gasteiger partial charge in [-0.05, 0) is 38.5 Å². The molecule has 1 N–H and O–H groups in total. The summed E-state index contributed by atoms with van der Waals surface area (Å²) < 4.78 is 12.2. The van der Waals surface area contributed by atoms with Crippen LogP contribution in [0.5, 0.6) is 0 Å². The van der Waals surface area contributed by atoms with Crippen LogP contribution in [-0.4, -0.2) is 60.8 Å². The minimum atomic E-state index is -0.912. The lowest BCUT2D eigenvalue weighted by Crippen LogP contribution is -2.37. The van der Waals surface area contributed by atoms with Crippen LogP contribution in [-0.2, 0) is 19.1 Å². The maximum atomic E-state index is 12.2. The predicted molar refractivity (Wildman–Crippen MR) is 100 cm³/mol. The van der Waals surface area contributed by atoms with E-state index in [1.54, 1.807) is 7.11 Å². The van der Waals surface area contributed by atoms with Gasteiger partial charge in [0.2, 0.25) is 0 Å². The minimum Gasteiger partial charge on any atom is -0.451 e. The molecular formula is C19H24N4O5. The number of carbonyl (C=O) groups excluding carboxylic acids is 3. The Morgan fingerprint density at radius 3 is 2.71 bits per heavy atom. The highest BCUT2D eigenvalue weighted by molar-refractivity contribution is 6.01. The molecule has 0 unspecified atom stereocenters. The number of nitrogens with one attached hydrogen (secondary N) is 1. The molecule has 1 saturated heterocycles. The van der Waals surface area contributed by atoms with Gasteiger partial charge < -0.3 is 19.4 Å². The van der Waals surface area contributed by atoms with Crippen LogP contribution < -0.4 is 5.32 Å². The van der Waals surface area contributed by atoms with Crippen LogP contribution in [0.2, 0.25) is 0 Å². The first kappa shape index (κ1) is 21.2. The number of hydrogen-bond acceptors (Lipinski definition) is 6. The van der Waals surface area contributed by atoms with Crippen LogP contribution in [0.15, 0.2) is 11.6 Å². The summed E-state index contributed by atoms with van der Waals surface area (Å²) in [5.74, 6) is -1.54. The molecule has 1 aliphatic heterocycles. The standard InChI is InChI=1S/C19H24N4O5/c1-12-7-15(14(3)23(12)13(2)10-27-4)8-16(9-20)18(25)28-11-17(24)22-6-5-21-19(22)26/h7-8,13H,5-6,10-11H2,1-4H3,(H,21,26)/b16-8+/t13-/m0/s1. The first-order chi connectivity index (χ1) is 13.3. The molecule has 1 aromatic heterocycles. The maximum absolute atomic E-state index is 12.2. The molecule has 0 aliphatic carbocycles. The summed E-state index contributed by atoms with van der Waals surface area (Å²) in [7, 11) is 1.63. The molecule has 150 valence electrons. The number of imide groups is 1. The number of nitrogens with zero attached hydrogens (tertiary/aromatic N) is 3. The number of aromatic nitrogens is 1. The number of amides is 3. The number of ether oxygens (including phenoxy) is 2. The SMILES string of the molecule is COC[C@H](C)n1c(C)cc(/C=C(\C#N)C(=O)OCC(=O)N2CCNC2=O)c1C.